The minimum absolute atomic E-state index is 0.299. The highest BCUT2D eigenvalue weighted by Crippen LogP contribution is 2.42. The van der Waals surface area contributed by atoms with Crippen molar-refractivity contribution in [2.75, 3.05) is 0 Å². The summed E-state index contributed by atoms with van der Waals surface area (Å²) in [5.74, 6) is 0. The summed E-state index contributed by atoms with van der Waals surface area (Å²) in [6, 6.07) is 13.6. The summed E-state index contributed by atoms with van der Waals surface area (Å²) in [4.78, 5) is 1.72. The zero-order chi connectivity index (χ0) is 13.7. The van der Waals surface area contributed by atoms with Gasteiger partial charge in [0.15, 0.2) is 0 Å². The molecule has 20 heavy (non-hydrogen) atoms. The molecule has 3 aromatic rings. The highest BCUT2D eigenvalue weighted by Gasteiger charge is 2.21. The van der Waals surface area contributed by atoms with Crippen LogP contribution in [0.1, 0.15) is 32.0 Å². The zero-order valence-electron chi connectivity index (χ0n) is 11.3. The lowest BCUT2D eigenvalue weighted by atomic mass is 9.97. The summed E-state index contributed by atoms with van der Waals surface area (Å²) >= 11 is 5.76. The molecule has 100 valence electrons. The molecule has 1 aromatic heterocycles. The third-order valence-electron chi connectivity index (χ3n) is 4.32. The third-order valence-corrected chi connectivity index (χ3v) is 6.65. The predicted octanol–water partition coefficient (Wildman–Crippen LogP) is 5.79. The van der Waals surface area contributed by atoms with E-state index in [2.05, 4.69) is 64.6 Å². The number of aryl methyl sites for hydroxylation is 3. The van der Waals surface area contributed by atoms with Gasteiger partial charge >= 0.3 is 0 Å². The molecule has 0 N–H and O–H groups in total. The fraction of sp³-hybridized carbons (Fsp3) is 0.222. The van der Waals surface area contributed by atoms with Gasteiger partial charge in [0.2, 0.25) is 0 Å². The van der Waals surface area contributed by atoms with E-state index in [4.69, 9.17) is 0 Å². The summed E-state index contributed by atoms with van der Waals surface area (Å²) < 4.78 is 0. The van der Waals surface area contributed by atoms with E-state index in [1.54, 1.807) is 0 Å². The summed E-state index contributed by atoms with van der Waals surface area (Å²) in [5, 5.41) is 5.11. The van der Waals surface area contributed by atoms with Crippen LogP contribution in [0, 0.1) is 6.92 Å². The summed E-state index contributed by atoms with van der Waals surface area (Å²) in [6.45, 7) is 2.19. The molecule has 0 fully saturated rings. The first-order valence-corrected chi connectivity index (χ1v) is 8.76. The summed E-state index contributed by atoms with van der Waals surface area (Å²) in [7, 11) is 0. The van der Waals surface area contributed by atoms with Gasteiger partial charge in [-0.2, -0.15) is 0 Å². The second-order valence-electron chi connectivity index (χ2n) is 5.48. The van der Waals surface area contributed by atoms with Crippen LogP contribution in [0.3, 0.4) is 0 Å². The van der Waals surface area contributed by atoms with Crippen molar-refractivity contribution in [1.82, 2.24) is 0 Å². The molecule has 0 bridgehead atoms. The molecular formula is C18H15BrS. The SMILES string of the molecule is Cc1ccsc1C(Br)c1ccc2c3c(cccc13)CC2. The molecule has 1 heterocycles. The second kappa shape index (κ2) is 4.71. The maximum atomic E-state index is 3.93. The minimum Gasteiger partial charge on any atom is -0.147 e. The van der Waals surface area contributed by atoms with E-state index >= 15 is 0 Å². The average Bonchev–Trinajstić information content (AvgIpc) is 3.07. The highest BCUT2D eigenvalue weighted by atomic mass is 79.9. The van der Waals surface area contributed by atoms with Crippen LogP contribution in [-0.4, -0.2) is 0 Å². The van der Waals surface area contributed by atoms with Crippen LogP contribution >= 0.6 is 27.3 Å². The Morgan fingerprint density at radius 3 is 2.60 bits per heavy atom. The Labute approximate surface area is 131 Å². The standard InChI is InChI=1S/C18H15BrS/c1-11-9-10-20-18(11)17(19)15-8-7-13-6-5-12-3-2-4-14(15)16(12)13/h2-4,7-10,17H,5-6H2,1H3. The van der Waals surface area contributed by atoms with E-state index in [1.807, 2.05) is 11.3 Å². The Morgan fingerprint density at radius 2 is 1.85 bits per heavy atom. The van der Waals surface area contributed by atoms with Gasteiger partial charge in [0.1, 0.15) is 0 Å². The van der Waals surface area contributed by atoms with Gasteiger partial charge in [-0.05, 0) is 64.2 Å². The van der Waals surface area contributed by atoms with Gasteiger partial charge in [-0.1, -0.05) is 46.3 Å². The topological polar surface area (TPSA) is 0 Å². The molecule has 0 saturated heterocycles. The quantitative estimate of drug-likeness (QED) is 0.517. The smallest absolute Gasteiger partial charge is 0.0746 e. The molecule has 1 atom stereocenters. The normalized spacial score (nSPS) is 14.9. The van der Waals surface area contributed by atoms with E-state index in [1.165, 1.54) is 50.7 Å². The molecule has 1 aliphatic carbocycles. The van der Waals surface area contributed by atoms with E-state index in [9.17, 15) is 0 Å². The Balaban J connectivity index is 1.96. The first kappa shape index (κ1) is 12.6. The predicted molar refractivity (Wildman–Crippen MR) is 91.2 cm³/mol. The molecule has 0 amide bonds. The van der Waals surface area contributed by atoms with Gasteiger partial charge in [0, 0.05) is 4.88 Å². The van der Waals surface area contributed by atoms with Gasteiger partial charge < -0.3 is 0 Å². The molecule has 0 saturated carbocycles. The van der Waals surface area contributed by atoms with Crippen LogP contribution < -0.4 is 0 Å². The highest BCUT2D eigenvalue weighted by molar-refractivity contribution is 9.09. The van der Waals surface area contributed by atoms with Crippen molar-refractivity contribution in [2.24, 2.45) is 0 Å². The molecule has 1 aliphatic rings. The molecule has 0 radical (unpaired) electrons. The number of hydrogen-bond acceptors (Lipinski definition) is 1. The van der Waals surface area contributed by atoms with E-state index < -0.39 is 0 Å². The van der Waals surface area contributed by atoms with E-state index in [0.29, 0.717) is 4.83 Å². The second-order valence-corrected chi connectivity index (χ2v) is 7.35. The van der Waals surface area contributed by atoms with Crippen LogP contribution in [0.15, 0.2) is 41.8 Å². The van der Waals surface area contributed by atoms with Gasteiger partial charge in [0.25, 0.3) is 0 Å². The van der Waals surface area contributed by atoms with Crippen LogP contribution in [0.5, 0.6) is 0 Å². The Hall–Kier alpha value is -1.12. The number of alkyl halides is 1. The first-order valence-electron chi connectivity index (χ1n) is 6.97. The van der Waals surface area contributed by atoms with Crippen molar-refractivity contribution in [1.29, 1.82) is 0 Å². The lowest BCUT2D eigenvalue weighted by Crippen LogP contribution is -1.94. The van der Waals surface area contributed by atoms with Crippen LogP contribution in [0.4, 0.5) is 0 Å². The van der Waals surface area contributed by atoms with Gasteiger partial charge in [-0.3, -0.25) is 0 Å². The van der Waals surface area contributed by atoms with Crippen LogP contribution in [-0.2, 0) is 12.8 Å². The molecule has 2 aromatic carbocycles. The number of halogens is 1. The molecule has 4 rings (SSSR count). The fourth-order valence-corrected chi connectivity index (χ4v) is 5.28. The first-order chi connectivity index (χ1) is 9.75. The lowest BCUT2D eigenvalue weighted by molar-refractivity contribution is 1.02. The molecule has 0 nitrogen and oxygen atoms in total. The van der Waals surface area contributed by atoms with Crippen molar-refractivity contribution in [3.05, 3.63) is 68.9 Å². The molecule has 0 aliphatic heterocycles. The number of thiophene rings is 1. The average molecular weight is 343 g/mol. The summed E-state index contributed by atoms with van der Waals surface area (Å²) in [5.41, 5.74) is 5.81. The molecule has 2 heteroatoms. The van der Waals surface area contributed by atoms with Crippen molar-refractivity contribution in [3.63, 3.8) is 0 Å². The van der Waals surface area contributed by atoms with Gasteiger partial charge in [-0.15, -0.1) is 11.3 Å². The van der Waals surface area contributed by atoms with Crippen molar-refractivity contribution >= 4 is 38.0 Å². The van der Waals surface area contributed by atoms with Crippen LogP contribution in [0.2, 0.25) is 0 Å². The monoisotopic (exact) mass is 342 g/mol. The maximum absolute atomic E-state index is 3.93. The van der Waals surface area contributed by atoms with E-state index in [0.717, 1.165) is 0 Å². The van der Waals surface area contributed by atoms with E-state index in [-0.39, 0.29) is 0 Å². The number of hydrogen-bond donors (Lipinski definition) is 0. The molecular weight excluding hydrogens is 328 g/mol. The Kier molecular flexibility index (Phi) is 2.97. The summed E-state index contributed by atoms with van der Waals surface area (Å²) in [6.07, 6.45) is 2.39. The largest absolute Gasteiger partial charge is 0.147 e. The molecule has 0 spiro atoms. The molecule has 1 unspecified atom stereocenters. The van der Waals surface area contributed by atoms with Crippen molar-refractivity contribution < 1.29 is 0 Å². The Bertz CT molecular complexity index is 790. The van der Waals surface area contributed by atoms with Gasteiger partial charge in [0.05, 0.1) is 4.83 Å². The van der Waals surface area contributed by atoms with Gasteiger partial charge in [-0.25, -0.2) is 0 Å². The number of benzene rings is 2. The number of rotatable bonds is 2. The zero-order valence-corrected chi connectivity index (χ0v) is 13.7. The maximum Gasteiger partial charge on any atom is 0.0746 e. The lowest BCUT2D eigenvalue weighted by Gasteiger charge is -2.14. The Morgan fingerprint density at radius 1 is 1.05 bits per heavy atom. The third kappa shape index (κ3) is 1.78. The fourth-order valence-electron chi connectivity index (χ4n) is 3.28. The van der Waals surface area contributed by atoms with Crippen LogP contribution in [0.25, 0.3) is 10.8 Å². The van der Waals surface area contributed by atoms with Crippen molar-refractivity contribution in [3.8, 4) is 0 Å². The minimum atomic E-state index is 0.299. The van der Waals surface area contributed by atoms with Crippen molar-refractivity contribution in [2.45, 2.75) is 24.6 Å².